The van der Waals surface area contributed by atoms with E-state index in [1.54, 1.807) is 28.0 Å². The van der Waals surface area contributed by atoms with Crippen molar-refractivity contribution in [3.8, 4) is 22.6 Å². The summed E-state index contributed by atoms with van der Waals surface area (Å²) in [5, 5.41) is 19.2. The Bertz CT molecular complexity index is 1630. The van der Waals surface area contributed by atoms with Gasteiger partial charge < -0.3 is 9.80 Å². The fourth-order valence-electron chi connectivity index (χ4n) is 4.42. The number of fused-ring (bicyclic) bond motifs is 2. The van der Waals surface area contributed by atoms with Crippen LogP contribution >= 0.6 is 11.3 Å². The minimum atomic E-state index is -0.257. The Morgan fingerprint density at radius 2 is 1.53 bits per heavy atom. The lowest BCUT2D eigenvalue weighted by molar-refractivity contribution is 0.628. The third-order valence-corrected chi connectivity index (χ3v) is 7.31. The van der Waals surface area contributed by atoms with Gasteiger partial charge in [0.2, 0.25) is 10.1 Å². The number of hydrogen-bond donors (Lipinski definition) is 0. The molecule has 0 amide bonds. The van der Waals surface area contributed by atoms with Gasteiger partial charge in [-0.05, 0) is 36.4 Å². The molecule has 2 aromatic carbocycles. The van der Waals surface area contributed by atoms with E-state index in [-0.39, 0.29) is 5.82 Å². The second kappa shape index (κ2) is 8.38. The maximum Gasteiger partial charge on any atom is 0.214 e. The zero-order valence-corrected chi connectivity index (χ0v) is 19.9. The number of nitrogens with zero attached hydrogens (tertiary/aromatic N) is 9. The van der Waals surface area contributed by atoms with Gasteiger partial charge in [0, 0.05) is 37.3 Å². The topological polar surface area (TPSA) is 79.8 Å². The molecule has 0 radical (unpaired) electrons. The molecule has 0 N–H and O–H groups in total. The van der Waals surface area contributed by atoms with Crippen LogP contribution in [0.4, 0.5) is 15.3 Å². The van der Waals surface area contributed by atoms with Crippen molar-refractivity contribution in [1.29, 1.82) is 0 Å². The summed E-state index contributed by atoms with van der Waals surface area (Å²) in [7, 11) is 0. The molecule has 11 heteroatoms. The minimum absolute atomic E-state index is 0.257. The monoisotopic (exact) mass is 497 g/mol. The number of anilines is 2. The van der Waals surface area contributed by atoms with Crippen LogP contribution in [0.1, 0.15) is 0 Å². The Morgan fingerprint density at radius 1 is 0.750 bits per heavy atom. The van der Waals surface area contributed by atoms with Gasteiger partial charge in [0.05, 0.1) is 11.9 Å². The van der Waals surface area contributed by atoms with Gasteiger partial charge in [-0.3, -0.25) is 0 Å². The molecule has 1 aliphatic rings. The summed E-state index contributed by atoms with van der Waals surface area (Å²) in [4.78, 5) is 10.1. The van der Waals surface area contributed by atoms with Crippen LogP contribution in [-0.4, -0.2) is 60.6 Å². The number of rotatable bonds is 4. The highest BCUT2D eigenvalue weighted by Crippen LogP contribution is 2.28. The first-order valence-electron chi connectivity index (χ1n) is 11.6. The minimum Gasteiger partial charge on any atom is -0.352 e. The smallest absolute Gasteiger partial charge is 0.214 e. The number of halogens is 1. The normalized spacial score (nSPS) is 14.2. The van der Waals surface area contributed by atoms with Crippen molar-refractivity contribution in [1.82, 2.24) is 34.4 Å². The summed E-state index contributed by atoms with van der Waals surface area (Å²) in [6, 6.07) is 20.3. The van der Waals surface area contributed by atoms with E-state index in [1.807, 2.05) is 53.2 Å². The van der Waals surface area contributed by atoms with Crippen LogP contribution in [0.5, 0.6) is 0 Å². The van der Waals surface area contributed by atoms with E-state index >= 15 is 0 Å². The highest BCUT2D eigenvalue weighted by Gasteiger charge is 2.23. The summed E-state index contributed by atoms with van der Waals surface area (Å²) in [6.07, 6.45) is 1.89. The zero-order chi connectivity index (χ0) is 24.1. The molecule has 0 bridgehead atoms. The molecule has 5 heterocycles. The van der Waals surface area contributed by atoms with Crippen molar-refractivity contribution in [3.05, 3.63) is 78.7 Å². The van der Waals surface area contributed by atoms with E-state index in [0.29, 0.717) is 0 Å². The van der Waals surface area contributed by atoms with Gasteiger partial charge in [-0.1, -0.05) is 41.7 Å². The molecule has 9 nitrogen and oxygen atoms in total. The van der Waals surface area contributed by atoms with Gasteiger partial charge in [-0.2, -0.15) is 4.52 Å². The van der Waals surface area contributed by atoms with Crippen LogP contribution in [-0.2, 0) is 0 Å². The van der Waals surface area contributed by atoms with E-state index in [4.69, 9.17) is 10.2 Å². The standard InChI is InChI=1S/C25H20FN9S/c26-19-8-6-17(7-9-19)20-16-34-24(27-20)36-25(31-34)33-14-12-32(13-15-33)22-11-10-21-28-29-23(35(21)30-22)18-4-2-1-3-5-18/h1-11,16H,12-15H2. The third kappa shape index (κ3) is 3.64. The van der Waals surface area contributed by atoms with Gasteiger partial charge in [-0.25, -0.2) is 13.9 Å². The Hall–Kier alpha value is -4.38. The van der Waals surface area contributed by atoms with E-state index in [1.165, 1.54) is 12.1 Å². The maximum atomic E-state index is 13.2. The van der Waals surface area contributed by atoms with E-state index in [9.17, 15) is 4.39 Å². The van der Waals surface area contributed by atoms with E-state index < -0.39 is 0 Å². The van der Waals surface area contributed by atoms with Gasteiger partial charge in [0.25, 0.3) is 0 Å². The lowest BCUT2D eigenvalue weighted by Gasteiger charge is -2.34. The fourth-order valence-corrected chi connectivity index (χ4v) is 5.35. The lowest BCUT2D eigenvalue weighted by atomic mass is 10.2. The molecule has 7 rings (SSSR count). The summed E-state index contributed by atoms with van der Waals surface area (Å²) in [5.74, 6) is 1.38. The van der Waals surface area contributed by atoms with Crippen LogP contribution in [0.15, 0.2) is 72.9 Å². The molecular weight excluding hydrogens is 477 g/mol. The number of benzene rings is 2. The van der Waals surface area contributed by atoms with Crippen molar-refractivity contribution >= 4 is 32.9 Å². The molecule has 6 aromatic rings. The first-order chi connectivity index (χ1) is 17.7. The van der Waals surface area contributed by atoms with Crippen LogP contribution in [0.3, 0.4) is 0 Å². The molecule has 1 aliphatic heterocycles. The molecule has 1 fully saturated rings. The van der Waals surface area contributed by atoms with Gasteiger partial charge in [0.15, 0.2) is 11.5 Å². The molecule has 0 spiro atoms. The first kappa shape index (κ1) is 20.9. The molecule has 0 saturated carbocycles. The maximum absolute atomic E-state index is 13.2. The summed E-state index contributed by atoms with van der Waals surface area (Å²) in [5.41, 5.74) is 3.37. The third-order valence-electron chi connectivity index (χ3n) is 6.33. The number of hydrogen-bond acceptors (Lipinski definition) is 8. The Balaban J connectivity index is 1.08. The molecule has 0 atom stereocenters. The molecule has 36 heavy (non-hydrogen) atoms. The average molecular weight is 498 g/mol. The zero-order valence-electron chi connectivity index (χ0n) is 19.1. The number of aromatic nitrogens is 7. The Labute approximate surface area is 209 Å². The van der Waals surface area contributed by atoms with Crippen molar-refractivity contribution in [2.24, 2.45) is 0 Å². The van der Waals surface area contributed by atoms with Gasteiger partial charge in [0.1, 0.15) is 11.6 Å². The largest absolute Gasteiger partial charge is 0.352 e. The van der Waals surface area contributed by atoms with Crippen molar-refractivity contribution in [2.75, 3.05) is 36.0 Å². The Kier molecular flexibility index (Phi) is 4.88. The Morgan fingerprint density at radius 3 is 2.31 bits per heavy atom. The van der Waals surface area contributed by atoms with E-state index in [2.05, 4.69) is 25.0 Å². The fraction of sp³-hybridized carbons (Fsp3) is 0.160. The highest BCUT2D eigenvalue weighted by atomic mass is 32.1. The molecule has 4 aromatic heterocycles. The predicted molar refractivity (Wildman–Crippen MR) is 137 cm³/mol. The number of piperazine rings is 1. The summed E-state index contributed by atoms with van der Waals surface area (Å²) in [6.45, 7) is 3.30. The second-order valence-electron chi connectivity index (χ2n) is 8.57. The van der Waals surface area contributed by atoms with Crippen LogP contribution in [0.25, 0.3) is 33.3 Å². The van der Waals surface area contributed by atoms with Crippen LogP contribution in [0, 0.1) is 5.82 Å². The van der Waals surface area contributed by atoms with Crippen molar-refractivity contribution < 1.29 is 4.39 Å². The quantitative estimate of drug-likeness (QED) is 0.364. The predicted octanol–water partition coefficient (Wildman–Crippen LogP) is 4.03. The second-order valence-corrected chi connectivity index (χ2v) is 9.50. The molecule has 1 saturated heterocycles. The first-order valence-corrected chi connectivity index (χ1v) is 12.4. The molecule has 178 valence electrons. The van der Waals surface area contributed by atoms with Gasteiger partial charge in [-0.15, -0.1) is 20.4 Å². The summed E-state index contributed by atoms with van der Waals surface area (Å²) < 4.78 is 16.8. The average Bonchev–Trinajstić information content (AvgIpc) is 3.63. The van der Waals surface area contributed by atoms with Crippen molar-refractivity contribution in [2.45, 2.75) is 0 Å². The van der Waals surface area contributed by atoms with Crippen molar-refractivity contribution in [3.63, 3.8) is 0 Å². The van der Waals surface area contributed by atoms with E-state index in [0.717, 1.165) is 70.4 Å². The molecule has 0 aliphatic carbocycles. The number of imidazole rings is 1. The van der Waals surface area contributed by atoms with Gasteiger partial charge >= 0.3 is 0 Å². The molecule has 0 unspecified atom stereocenters. The molecular formula is C25H20FN9S. The van der Waals surface area contributed by atoms with Crippen LogP contribution < -0.4 is 9.80 Å². The highest BCUT2D eigenvalue weighted by molar-refractivity contribution is 7.20. The lowest BCUT2D eigenvalue weighted by Crippen LogP contribution is -2.47. The van der Waals surface area contributed by atoms with Crippen LogP contribution in [0.2, 0.25) is 0 Å². The SMILES string of the molecule is Fc1ccc(-c2cn3nc(N4CCN(c5ccc6nnc(-c7ccccc7)n6n5)CC4)sc3n2)cc1. The summed E-state index contributed by atoms with van der Waals surface area (Å²) >= 11 is 1.56.